The summed E-state index contributed by atoms with van der Waals surface area (Å²) in [5.74, 6) is -0.562. The monoisotopic (exact) mass is 204 g/mol. The van der Waals surface area contributed by atoms with Crippen molar-refractivity contribution in [2.24, 2.45) is 0 Å². The Morgan fingerprint density at radius 1 is 1.20 bits per heavy atom. The normalized spacial score (nSPS) is 19.1. The highest BCUT2D eigenvalue weighted by Gasteiger charge is 2.32. The third-order valence-electron chi connectivity index (χ3n) is 2.74. The van der Waals surface area contributed by atoms with Gasteiger partial charge in [0.05, 0.1) is 13.2 Å². The Kier molecular flexibility index (Phi) is 2.63. The van der Waals surface area contributed by atoms with Gasteiger partial charge in [-0.3, -0.25) is 0 Å². The van der Waals surface area contributed by atoms with Crippen molar-refractivity contribution in [2.75, 3.05) is 13.2 Å². The molecule has 1 saturated heterocycles. The van der Waals surface area contributed by atoms with Gasteiger partial charge in [-0.2, -0.15) is 0 Å². The highest BCUT2D eigenvalue weighted by molar-refractivity contribution is 5.61. The molecular weight excluding hydrogens is 188 g/mol. The van der Waals surface area contributed by atoms with Crippen LogP contribution < -0.4 is 0 Å². The molecule has 0 unspecified atom stereocenters. The van der Waals surface area contributed by atoms with Gasteiger partial charge in [-0.25, -0.2) is 0 Å². The van der Waals surface area contributed by atoms with Gasteiger partial charge in [-0.1, -0.05) is 36.4 Å². The van der Waals surface area contributed by atoms with E-state index in [0.29, 0.717) is 13.2 Å². The second-order valence-corrected chi connectivity index (χ2v) is 4.00. The molecule has 0 bridgehead atoms. The molecule has 2 rings (SSSR count). The van der Waals surface area contributed by atoms with Crippen molar-refractivity contribution < 1.29 is 9.47 Å². The Morgan fingerprint density at radius 2 is 1.73 bits per heavy atom. The third kappa shape index (κ3) is 1.96. The number of benzene rings is 1. The SMILES string of the molecule is C=C(C)c1ccc(C2(C)OCCO2)cc1. The topological polar surface area (TPSA) is 18.5 Å². The number of allylic oxidation sites excluding steroid dienone is 1. The van der Waals surface area contributed by atoms with Gasteiger partial charge in [0.1, 0.15) is 0 Å². The van der Waals surface area contributed by atoms with Crippen LogP contribution in [0.3, 0.4) is 0 Å². The lowest BCUT2D eigenvalue weighted by molar-refractivity contribution is -0.149. The van der Waals surface area contributed by atoms with Crippen molar-refractivity contribution in [3.05, 3.63) is 42.0 Å². The van der Waals surface area contributed by atoms with E-state index in [4.69, 9.17) is 9.47 Å². The first-order valence-corrected chi connectivity index (χ1v) is 5.16. The predicted molar refractivity (Wildman–Crippen MR) is 60.4 cm³/mol. The fourth-order valence-corrected chi connectivity index (χ4v) is 1.74. The Labute approximate surface area is 90.5 Å². The first-order valence-electron chi connectivity index (χ1n) is 5.16. The minimum atomic E-state index is -0.562. The van der Waals surface area contributed by atoms with E-state index in [0.717, 1.165) is 16.7 Å². The second kappa shape index (κ2) is 3.80. The van der Waals surface area contributed by atoms with Crippen LogP contribution >= 0.6 is 0 Å². The Balaban J connectivity index is 2.26. The zero-order chi connectivity index (χ0) is 10.9. The molecule has 1 aromatic rings. The fourth-order valence-electron chi connectivity index (χ4n) is 1.74. The van der Waals surface area contributed by atoms with Crippen LogP contribution in [0.25, 0.3) is 5.57 Å². The van der Waals surface area contributed by atoms with E-state index in [2.05, 4.69) is 6.58 Å². The molecule has 0 atom stereocenters. The van der Waals surface area contributed by atoms with Crippen LogP contribution in [-0.2, 0) is 15.3 Å². The molecule has 1 heterocycles. The van der Waals surface area contributed by atoms with Crippen LogP contribution in [0.4, 0.5) is 0 Å². The maximum Gasteiger partial charge on any atom is 0.192 e. The van der Waals surface area contributed by atoms with E-state index in [1.807, 2.05) is 38.1 Å². The Morgan fingerprint density at radius 3 is 2.20 bits per heavy atom. The number of hydrogen-bond acceptors (Lipinski definition) is 2. The summed E-state index contributed by atoms with van der Waals surface area (Å²) in [5, 5.41) is 0. The van der Waals surface area contributed by atoms with E-state index in [1.54, 1.807) is 0 Å². The molecule has 1 aliphatic heterocycles. The number of rotatable bonds is 2. The summed E-state index contributed by atoms with van der Waals surface area (Å²) in [6.45, 7) is 9.19. The number of ether oxygens (including phenoxy) is 2. The van der Waals surface area contributed by atoms with Crippen molar-refractivity contribution in [3.63, 3.8) is 0 Å². The van der Waals surface area contributed by atoms with Gasteiger partial charge in [0.2, 0.25) is 0 Å². The van der Waals surface area contributed by atoms with E-state index < -0.39 is 5.79 Å². The predicted octanol–water partition coefficient (Wildman–Crippen LogP) is 2.94. The molecule has 2 nitrogen and oxygen atoms in total. The molecule has 0 spiro atoms. The maximum atomic E-state index is 5.58. The summed E-state index contributed by atoms with van der Waals surface area (Å²) in [6, 6.07) is 8.17. The quantitative estimate of drug-likeness (QED) is 0.737. The molecule has 0 amide bonds. The first-order chi connectivity index (χ1) is 7.12. The molecule has 0 N–H and O–H groups in total. The van der Waals surface area contributed by atoms with E-state index in [1.165, 1.54) is 0 Å². The zero-order valence-electron chi connectivity index (χ0n) is 9.25. The molecular formula is C13H16O2. The first kappa shape index (κ1) is 10.4. The van der Waals surface area contributed by atoms with Gasteiger partial charge in [0.25, 0.3) is 0 Å². The van der Waals surface area contributed by atoms with E-state index >= 15 is 0 Å². The molecule has 80 valence electrons. The number of hydrogen-bond donors (Lipinski definition) is 0. The zero-order valence-corrected chi connectivity index (χ0v) is 9.25. The highest BCUT2D eigenvalue weighted by Crippen LogP contribution is 2.31. The van der Waals surface area contributed by atoms with Gasteiger partial charge in [-0.15, -0.1) is 0 Å². The molecule has 0 saturated carbocycles. The largest absolute Gasteiger partial charge is 0.344 e. The third-order valence-corrected chi connectivity index (χ3v) is 2.74. The summed E-state index contributed by atoms with van der Waals surface area (Å²) < 4.78 is 11.2. The van der Waals surface area contributed by atoms with Crippen molar-refractivity contribution in [1.29, 1.82) is 0 Å². The molecule has 0 aromatic heterocycles. The van der Waals surface area contributed by atoms with Crippen LogP contribution in [0.5, 0.6) is 0 Å². The maximum absolute atomic E-state index is 5.58. The van der Waals surface area contributed by atoms with Crippen LogP contribution in [0, 0.1) is 0 Å². The molecule has 1 aliphatic rings. The van der Waals surface area contributed by atoms with Gasteiger partial charge in [0, 0.05) is 5.56 Å². The van der Waals surface area contributed by atoms with Crippen molar-refractivity contribution >= 4 is 5.57 Å². The van der Waals surface area contributed by atoms with Crippen LogP contribution in [0.2, 0.25) is 0 Å². The molecule has 0 radical (unpaired) electrons. The molecule has 1 aromatic carbocycles. The second-order valence-electron chi connectivity index (χ2n) is 4.00. The van der Waals surface area contributed by atoms with E-state index in [-0.39, 0.29) is 0 Å². The van der Waals surface area contributed by atoms with Gasteiger partial charge in [0.15, 0.2) is 5.79 Å². The lowest BCUT2D eigenvalue weighted by Crippen LogP contribution is -2.22. The van der Waals surface area contributed by atoms with Crippen LogP contribution in [-0.4, -0.2) is 13.2 Å². The van der Waals surface area contributed by atoms with Crippen LogP contribution in [0.15, 0.2) is 30.8 Å². The average molecular weight is 204 g/mol. The summed E-state index contributed by atoms with van der Waals surface area (Å²) in [5.41, 5.74) is 3.28. The standard InChI is InChI=1S/C13H16O2/c1-10(2)11-4-6-12(7-5-11)13(3)14-8-9-15-13/h4-7H,1,8-9H2,2-3H3. The van der Waals surface area contributed by atoms with Crippen molar-refractivity contribution in [1.82, 2.24) is 0 Å². The average Bonchev–Trinajstić information content (AvgIpc) is 2.67. The van der Waals surface area contributed by atoms with Crippen LogP contribution in [0.1, 0.15) is 25.0 Å². The lowest BCUT2D eigenvalue weighted by atomic mass is 10.0. The molecule has 0 aliphatic carbocycles. The molecule has 15 heavy (non-hydrogen) atoms. The Hall–Kier alpha value is -1.12. The van der Waals surface area contributed by atoms with Crippen molar-refractivity contribution in [2.45, 2.75) is 19.6 Å². The van der Waals surface area contributed by atoms with E-state index in [9.17, 15) is 0 Å². The molecule has 1 fully saturated rings. The Bertz CT molecular complexity index is 359. The van der Waals surface area contributed by atoms with Crippen molar-refractivity contribution in [3.8, 4) is 0 Å². The van der Waals surface area contributed by atoms with Gasteiger partial charge < -0.3 is 9.47 Å². The summed E-state index contributed by atoms with van der Waals surface area (Å²) in [6.07, 6.45) is 0. The minimum absolute atomic E-state index is 0.562. The fraction of sp³-hybridized carbons (Fsp3) is 0.385. The van der Waals surface area contributed by atoms with Gasteiger partial charge in [-0.05, 0) is 19.4 Å². The minimum Gasteiger partial charge on any atom is -0.344 e. The smallest absolute Gasteiger partial charge is 0.192 e. The molecule has 2 heteroatoms. The summed E-state index contributed by atoms with van der Waals surface area (Å²) in [4.78, 5) is 0. The highest BCUT2D eigenvalue weighted by atomic mass is 16.7. The lowest BCUT2D eigenvalue weighted by Gasteiger charge is -2.22. The van der Waals surface area contributed by atoms with Gasteiger partial charge >= 0.3 is 0 Å². The summed E-state index contributed by atoms with van der Waals surface area (Å²) >= 11 is 0. The summed E-state index contributed by atoms with van der Waals surface area (Å²) in [7, 11) is 0.